The van der Waals surface area contributed by atoms with E-state index in [1.165, 1.54) is 36.0 Å². The summed E-state index contributed by atoms with van der Waals surface area (Å²) in [6.07, 6.45) is 0. The van der Waals surface area contributed by atoms with Crippen LogP contribution in [0.3, 0.4) is 0 Å². The Morgan fingerprint density at radius 3 is 2.51 bits per heavy atom. The molecule has 0 aliphatic heterocycles. The molecule has 176 valence electrons. The molecule has 0 aliphatic rings. The molecule has 5 aromatic rings. The highest BCUT2D eigenvalue weighted by atomic mass is 32.2. The van der Waals surface area contributed by atoms with Crippen LogP contribution in [-0.4, -0.2) is 30.3 Å². The van der Waals surface area contributed by atoms with Crippen molar-refractivity contribution in [2.45, 2.75) is 31.2 Å². The van der Waals surface area contributed by atoms with Gasteiger partial charge >= 0.3 is 0 Å². The molecule has 2 aromatic heterocycles. The van der Waals surface area contributed by atoms with Gasteiger partial charge in [-0.2, -0.15) is 0 Å². The van der Waals surface area contributed by atoms with Crippen LogP contribution in [0.2, 0.25) is 0 Å². The fourth-order valence-corrected chi connectivity index (χ4v) is 4.79. The molecule has 1 atom stereocenters. The van der Waals surface area contributed by atoms with Gasteiger partial charge in [-0.25, -0.2) is 8.96 Å². The lowest BCUT2D eigenvalue weighted by Crippen LogP contribution is -2.24. The van der Waals surface area contributed by atoms with Crippen LogP contribution >= 0.6 is 11.8 Å². The quantitative estimate of drug-likeness (QED) is 0.356. The zero-order valence-electron chi connectivity index (χ0n) is 19.3. The fraction of sp³-hybridized carbons (Fsp3) is 0.154. The van der Waals surface area contributed by atoms with Crippen molar-refractivity contribution in [2.75, 3.05) is 5.32 Å². The second kappa shape index (κ2) is 8.99. The first kappa shape index (κ1) is 22.8. The van der Waals surface area contributed by atoms with E-state index in [0.717, 1.165) is 16.8 Å². The van der Waals surface area contributed by atoms with E-state index in [1.54, 1.807) is 17.6 Å². The Bertz CT molecular complexity index is 1640. The third-order valence-corrected chi connectivity index (χ3v) is 7.02. The van der Waals surface area contributed by atoms with Crippen molar-refractivity contribution < 1.29 is 9.18 Å². The Balaban J connectivity index is 1.61. The molecule has 0 bridgehead atoms. The lowest BCUT2D eigenvalue weighted by molar-refractivity contribution is -0.115. The number of benzene rings is 3. The number of carbonyl (C=O) groups excluding carboxylic acids is 1. The number of hydrogen-bond donors (Lipinski definition) is 1. The van der Waals surface area contributed by atoms with Gasteiger partial charge in [0.2, 0.25) is 11.7 Å². The van der Waals surface area contributed by atoms with Crippen LogP contribution in [0.5, 0.6) is 0 Å². The maximum absolute atomic E-state index is 13.6. The molecule has 0 saturated carbocycles. The van der Waals surface area contributed by atoms with E-state index in [0.29, 0.717) is 27.5 Å². The van der Waals surface area contributed by atoms with Crippen molar-refractivity contribution in [2.24, 2.45) is 0 Å². The average Bonchev–Trinajstić information content (AvgIpc) is 3.26. The molecule has 0 fully saturated rings. The molecule has 2 heterocycles. The molecular formula is C26H22FN5O2S. The molecule has 1 unspecified atom stereocenters. The van der Waals surface area contributed by atoms with Crippen LogP contribution in [0.15, 0.2) is 76.7 Å². The number of anilines is 1. The zero-order valence-corrected chi connectivity index (χ0v) is 20.1. The fourth-order valence-electron chi connectivity index (χ4n) is 3.94. The summed E-state index contributed by atoms with van der Waals surface area (Å²) in [6, 6.07) is 18.7. The van der Waals surface area contributed by atoms with E-state index in [4.69, 9.17) is 0 Å². The van der Waals surface area contributed by atoms with Crippen molar-refractivity contribution in [1.82, 2.24) is 19.2 Å². The van der Waals surface area contributed by atoms with Gasteiger partial charge in [0.25, 0.3) is 5.56 Å². The number of aromatic nitrogens is 4. The van der Waals surface area contributed by atoms with Gasteiger partial charge in [0.05, 0.1) is 21.8 Å². The predicted molar refractivity (Wildman–Crippen MR) is 136 cm³/mol. The number of amides is 1. The van der Waals surface area contributed by atoms with E-state index in [-0.39, 0.29) is 17.3 Å². The number of nitrogens with one attached hydrogen (secondary N) is 1. The van der Waals surface area contributed by atoms with E-state index >= 15 is 0 Å². The zero-order chi connectivity index (χ0) is 24.7. The number of carbonyl (C=O) groups is 1. The second-order valence-corrected chi connectivity index (χ2v) is 9.56. The smallest absolute Gasteiger partial charge is 0.267 e. The highest BCUT2D eigenvalue weighted by Gasteiger charge is 2.23. The van der Waals surface area contributed by atoms with Gasteiger partial charge in [0.15, 0.2) is 5.16 Å². The van der Waals surface area contributed by atoms with Crippen molar-refractivity contribution in [3.63, 3.8) is 0 Å². The summed E-state index contributed by atoms with van der Waals surface area (Å²) in [4.78, 5) is 26.4. The second-order valence-electron chi connectivity index (χ2n) is 8.25. The van der Waals surface area contributed by atoms with Crippen LogP contribution in [0.1, 0.15) is 18.1 Å². The van der Waals surface area contributed by atoms with Crippen molar-refractivity contribution in [3.8, 4) is 5.69 Å². The van der Waals surface area contributed by atoms with E-state index < -0.39 is 5.25 Å². The molecule has 9 heteroatoms. The minimum Gasteiger partial charge on any atom is -0.325 e. The van der Waals surface area contributed by atoms with Gasteiger partial charge in [-0.3, -0.25) is 14.0 Å². The van der Waals surface area contributed by atoms with Gasteiger partial charge in [-0.05, 0) is 74.4 Å². The van der Waals surface area contributed by atoms with Crippen LogP contribution in [0.25, 0.3) is 22.4 Å². The lowest BCUT2D eigenvalue weighted by atomic mass is 10.1. The number of halogens is 1. The summed E-state index contributed by atoms with van der Waals surface area (Å²) >= 11 is 1.23. The third kappa shape index (κ3) is 4.08. The molecule has 1 amide bonds. The molecule has 3 aromatic carbocycles. The normalized spacial score (nSPS) is 12.2. The number of para-hydroxylation sites is 1. The number of nitrogens with zero attached hydrogens (tertiary/aromatic N) is 4. The largest absolute Gasteiger partial charge is 0.325 e. The first-order valence-corrected chi connectivity index (χ1v) is 11.9. The number of aryl methyl sites for hydroxylation is 1. The molecule has 0 saturated heterocycles. The highest BCUT2D eigenvalue weighted by molar-refractivity contribution is 8.00. The van der Waals surface area contributed by atoms with Gasteiger partial charge < -0.3 is 5.32 Å². The SMILES string of the molecule is Cc1cccc(-n2c(=O)c3ccccc3n3c(SC(C)C(=O)Nc4ccc(F)cc4)nnc23)c1C. The number of hydrogen-bond acceptors (Lipinski definition) is 5. The van der Waals surface area contributed by atoms with E-state index in [1.807, 2.05) is 54.6 Å². The summed E-state index contributed by atoms with van der Waals surface area (Å²) in [6.45, 7) is 5.72. The Morgan fingerprint density at radius 2 is 1.74 bits per heavy atom. The summed E-state index contributed by atoms with van der Waals surface area (Å²) in [5.74, 6) is -0.260. The summed E-state index contributed by atoms with van der Waals surface area (Å²) in [5.41, 5.74) is 3.73. The number of thioether (sulfide) groups is 1. The standard InChI is InChI=1S/C26H22FN5O2S/c1-15-7-6-10-21(16(15)2)31-24(34)20-8-4-5-9-22(20)32-25(31)29-30-26(32)35-17(3)23(33)28-19-13-11-18(27)12-14-19/h4-14,17H,1-3H3,(H,28,33). The van der Waals surface area contributed by atoms with Crippen LogP contribution in [0.4, 0.5) is 10.1 Å². The van der Waals surface area contributed by atoms with Gasteiger partial charge in [-0.1, -0.05) is 36.0 Å². The van der Waals surface area contributed by atoms with Crippen molar-refractivity contribution in [1.29, 1.82) is 0 Å². The van der Waals surface area contributed by atoms with Gasteiger partial charge in [0, 0.05) is 5.69 Å². The molecule has 7 nitrogen and oxygen atoms in total. The molecule has 1 N–H and O–H groups in total. The lowest BCUT2D eigenvalue weighted by Gasteiger charge is -2.15. The predicted octanol–water partition coefficient (Wildman–Crippen LogP) is 4.91. The highest BCUT2D eigenvalue weighted by Crippen LogP contribution is 2.27. The van der Waals surface area contributed by atoms with Crippen LogP contribution < -0.4 is 10.9 Å². The summed E-state index contributed by atoms with van der Waals surface area (Å²) in [5, 5.41) is 12.0. The summed E-state index contributed by atoms with van der Waals surface area (Å²) < 4.78 is 16.6. The molecular weight excluding hydrogens is 465 g/mol. The Morgan fingerprint density at radius 1 is 1.00 bits per heavy atom. The molecule has 0 spiro atoms. The van der Waals surface area contributed by atoms with Crippen LogP contribution in [0, 0.1) is 19.7 Å². The van der Waals surface area contributed by atoms with E-state index in [9.17, 15) is 14.0 Å². The Kier molecular flexibility index (Phi) is 5.86. The third-order valence-electron chi connectivity index (χ3n) is 5.97. The molecule has 35 heavy (non-hydrogen) atoms. The van der Waals surface area contributed by atoms with Gasteiger partial charge in [-0.15, -0.1) is 10.2 Å². The minimum absolute atomic E-state index is 0.187. The Hall–Kier alpha value is -3.98. The van der Waals surface area contributed by atoms with E-state index in [2.05, 4.69) is 15.5 Å². The van der Waals surface area contributed by atoms with Crippen LogP contribution in [-0.2, 0) is 4.79 Å². The topological polar surface area (TPSA) is 81.3 Å². The van der Waals surface area contributed by atoms with Crippen molar-refractivity contribution in [3.05, 3.63) is 94.0 Å². The first-order valence-electron chi connectivity index (χ1n) is 11.0. The molecule has 0 radical (unpaired) electrons. The monoisotopic (exact) mass is 487 g/mol. The number of fused-ring (bicyclic) bond motifs is 3. The Labute approximate surface area is 204 Å². The van der Waals surface area contributed by atoms with Crippen molar-refractivity contribution >= 4 is 40.0 Å². The van der Waals surface area contributed by atoms with Gasteiger partial charge in [0.1, 0.15) is 5.82 Å². The number of rotatable bonds is 5. The first-order chi connectivity index (χ1) is 16.8. The summed E-state index contributed by atoms with van der Waals surface area (Å²) in [7, 11) is 0. The maximum atomic E-state index is 13.6. The average molecular weight is 488 g/mol. The molecule has 0 aliphatic carbocycles. The minimum atomic E-state index is -0.535. The maximum Gasteiger partial charge on any atom is 0.267 e. The molecule has 5 rings (SSSR count).